The number of benzene rings is 2. The lowest BCUT2D eigenvalue weighted by Gasteiger charge is -2.34. The van der Waals surface area contributed by atoms with Crippen LogP contribution in [0, 0.1) is 5.82 Å². The molecule has 0 bridgehead atoms. The third-order valence-electron chi connectivity index (χ3n) is 4.87. The Morgan fingerprint density at radius 3 is 3.07 bits per heavy atom. The first-order chi connectivity index (χ1) is 13.7. The van der Waals surface area contributed by atoms with Crippen molar-refractivity contribution in [3.63, 3.8) is 0 Å². The number of para-hydroxylation sites is 1. The molecule has 1 unspecified atom stereocenters. The highest BCUT2D eigenvalue weighted by Gasteiger charge is 2.31. The maximum absolute atomic E-state index is 13.6. The molecule has 2 aromatic carbocycles. The maximum atomic E-state index is 13.6. The molecule has 1 aliphatic heterocycles. The van der Waals surface area contributed by atoms with Gasteiger partial charge in [-0.3, -0.25) is 4.79 Å². The molecule has 1 aliphatic rings. The summed E-state index contributed by atoms with van der Waals surface area (Å²) in [4.78, 5) is 19.5. The van der Waals surface area contributed by atoms with Crippen molar-refractivity contribution in [2.75, 3.05) is 19.8 Å². The van der Waals surface area contributed by atoms with Crippen LogP contribution in [0.25, 0.3) is 21.2 Å². The zero-order valence-corrected chi connectivity index (χ0v) is 15.6. The molecule has 8 heteroatoms. The first kappa shape index (κ1) is 17.3. The molecule has 1 atom stereocenters. The van der Waals surface area contributed by atoms with E-state index in [-0.39, 0.29) is 24.2 Å². The average molecular weight is 397 g/mol. The summed E-state index contributed by atoms with van der Waals surface area (Å²) < 4.78 is 25.5. The van der Waals surface area contributed by atoms with E-state index in [9.17, 15) is 9.18 Å². The summed E-state index contributed by atoms with van der Waals surface area (Å²) in [7, 11) is 0. The third kappa shape index (κ3) is 3.04. The monoisotopic (exact) mass is 397 g/mol. The Kier molecular flexibility index (Phi) is 4.29. The third-order valence-corrected chi connectivity index (χ3v) is 6.01. The van der Waals surface area contributed by atoms with Gasteiger partial charge in [0.25, 0.3) is 0 Å². The van der Waals surface area contributed by atoms with Gasteiger partial charge in [-0.1, -0.05) is 17.3 Å². The van der Waals surface area contributed by atoms with Gasteiger partial charge in [0.1, 0.15) is 22.6 Å². The lowest BCUT2D eigenvalue weighted by molar-refractivity contribution is -0.139. The van der Waals surface area contributed by atoms with Crippen molar-refractivity contribution in [3.05, 3.63) is 59.0 Å². The highest BCUT2D eigenvalue weighted by Crippen LogP contribution is 2.32. The van der Waals surface area contributed by atoms with Crippen LogP contribution in [0.1, 0.15) is 16.7 Å². The summed E-state index contributed by atoms with van der Waals surface area (Å²) >= 11 is 1.57. The summed E-state index contributed by atoms with van der Waals surface area (Å²) in [5.74, 6) is -0.491. The molecule has 0 saturated carbocycles. The number of amides is 1. The van der Waals surface area contributed by atoms with E-state index in [2.05, 4.69) is 10.1 Å². The molecule has 1 fully saturated rings. The summed E-state index contributed by atoms with van der Waals surface area (Å²) in [6.07, 6.45) is 0.0395. The Labute approximate surface area is 163 Å². The van der Waals surface area contributed by atoms with Crippen LogP contribution in [0.15, 0.2) is 47.0 Å². The van der Waals surface area contributed by atoms with Gasteiger partial charge in [0, 0.05) is 11.9 Å². The maximum Gasteiger partial charge on any atom is 0.229 e. The number of fused-ring (bicyclic) bond motifs is 2. The molecule has 0 radical (unpaired) electrons. The van der Waals surface area contributed by atoms with E-state index in [1.807, 2.05) is 24.3 Å². The summed E-state index contributed by atoms with van der Waals surface area (Å²) in [5.41, 5.74) is 1.82. The van der Waals surface area contributed by atoms with Gasteiger partial charge >= 0.3 is 0 Å². The van der Waals surface area contributed by atoms with E-state index in [4.69, 9.17) is 9.26 Å². The van der Waals surface area contributed by atoms with Gasteiger partial charge in [-0.05, 0) is 30.3 Å². The second-order valence-corrected chi connectivity index (χ2v) is 7.71. The Morgan fingerprint density at radius 2 is 2.18 bits per heavy atom. The number of hydrogen-bond acceptors (Lipinski definition) is 6. The van der Waals surface area contributed by atoms with Crippen molar-refractivity contribution in [1.29, 1.82) is 0 Å². The number of nitrogens with zero attached hydrogens (tertiary/aromatic N) is 3. The average Bonchev–Trinajstić information content (AvgIpc) is 3.32. The van der Waals surface area contributed by atoms with E-state index in [1.54, 1.807) is 16.2 Å². The minimum absolute atomic E-state index is 0.0395. The normalized spacial score (nSPS) is 17.5. The smallest absolute Gasteiger partial charge is 0.229 e. The number of rotatable bonds is 3. The zero-order chi connectivity index (χ0) is 19.1. The standard InChI is InChI=1S/C20H16FN3O3S/c21-12-5-6-17-13(9-12)15(23-27-17)10-19(25)24-7-8-26-11-16(24)20-22-14-3-1-2-4-18(14)28-20/h1-6,9,16H,7-8,10-11H2. The first-order valence-electron chi connectivity index (χ1n) is 8.95. The van der Waals surface area contributed by atoms with E-state index in [0.717, 1.165) is 15.2 Å². The highest BCUT2D eigenvalue weighted by molar-refractivity contribution is 7.18. The fourth-order valence-corrected chi connectivity index (χ4v) is 4.54. The molecule has 142 valence electrons. The van der Waals surface area contributed by atoms with Gasteiger partial charge in [0.05, 0.1) is 29.9 Å². The molecule has 28 heavy (non-hydrogen) atoms. The SMILES string of the molecule is O=C(Cc1noc2ccc(F)cc12)N1CCOCC1c1nc2ccccc2s1. The van der Waals surface area contributed by atoms with E-state index < -0.39 is 0 Å². The van der Waals surface area contributed by atoms with Crippen molar-refractivity contribution in [2.24, 2.45) is 0 Å². The molecule has 3 heterocycles. The molecule has 0 spiro atoms. The second-order valence-electron chi connectivity index (χ2n) is 6.64. The minimum Gasteiger partial charge on any atom is -0.377 e. The topological polar surface area (TPSA) is 68.5 Å². The summed E-state index contributed by atoms with van der Waals surface area (Å²) in [6, 6.07) is 11.8. The first-order valence-corrected chi connectivity index (χ1v) is 9.77. The lowest BCUT2D eigenvalue weighted by atomic mass is 10.1. The van der Waals surface area contributed by atoms with Crippen LogP contribution in [-0.4, -0.2) is 40.7 Å². The number of hydrogen-bond donors (Lipinski definition) is 0. The molecule has 6 nitrogen and oxygen atoms in total. The number of thiazole rings is 1. The minimum atomic E-state index is -0.386. The number of aromatic nitrogens is 2. The van der Waals surface area contributed by atoms with Crippen LogP contribution in [0.5, 0.6) is 0 Å². The van der Waals surface area contributed by atoms with Crippen LogP contribution >= 0.6 is 11.3 Å². The summed E-state index contributed by atoms with van der Waals surface area (Å²) in [5, 5.41) is 5.35. The van der Waals surface area contributed by atoms with Crippen molar-refractivity contribution >= 4 is 38.4 Å². The molecule has 5 rings (SSSR count). The number of halogens is 1. The zero-order valence-electron chi connectivity index (χ0n) is 14.8. The number of ether oxygens (including phenoxy) is 1. The molecular weight excluding hydrogens is 381 g/mol. The van der Waals surface area contributed by atoms with Crippen LogP contribution in [0.4, 0.5) is 4.39 Å². The molecule has 0 N–H and O–H groups in total. The Hall–Kier alpha value is -2.84. The van der Waals surface area contributed by atoms with Crippen molar-refractivity contribution in [2.45, 2.75) is 12.5 Å². The van der Waals surface area contributed by atoms with E-state index in [1.165, 1.54) is 18.2 Å². The van der Waals surface area contributed by atoms with Crippen LogP contribution in [-0.2, 0) is 16.0 Å². The predicted molar refractivity (Wildman–Crippen MR) is 103 cm³/mol. The fraction of sp³-hybridized carbons (Fsp3) is 0.250. The quantitative estimate of drug-likeness (QED) is 0.527. The van der Waals surface area contributed by atoms with Crippen molar-refractivity contribution in [1.82, 2.24) is 15.0 Å². The summed E-state index contributed by atoms with van der Waals surface area (Å²) in [6.45, 7) is 1.35. The molecule has 0 aliphatic carbocycles. The van der Waals surface area contributed by atoms with Crippen LogP contribution in [0.2, 0.25) is 0 Å². The fourth-order valence-electron chi connectivity index (χ4n) is 3.47. The number of morpholine rings is 1. The molecule has 1 amide bonds. The van der Waals surface area contributed by atoms with Crippen molar-refractivity contribution < 1.29 is 18.4 Å². The number of carbonyl (C=O) groups is 1. The van der Waals surface area contributed by atoms with Gasteiger partial charge in [0.15, 0.2) is 5.58 Å². The van der Waals surface area contributed by atoms with Gasteiger partial charge in [0.2, 0.25) is 5.91 Å². The molecule has 2 aromatic heterocycles. The number of carbonyl (C=O) groups excluding carboxylic acids is 1. The molecule has 4 aromatic rings. The van der Waals surface area contributed by atoms with Gasteiger partial charge in [-0.25, -0.2) is 9.37 Å². The molecule has 1 saturated heterocycles. The van der Waals surface area contributed by atoms with E-state index >= 15 is 0 Å². The van der Waals surface area contributed by atoms with Crippen molar-refractivity contribution in [3.8, 4) is 0 Å². The van der Waals surface area contributed by atoms with Gasteiger partial charge in [-0.2, -0.15) is 0 Å². The van der Waals surface area contributed by atoms with E-state index in [0.29, 0.717) is 36.4 Å². The van der Waals surface area contributed by atoms with Crippen LogP contribution in [0.3, 0.4) is 0 Å². The van der Waals surface area contributed by atoms with Gasteiger partial charge in [-0.15, -0.1) is 11.3 Å². The van der Waals surface area contributed by atoms with Crippen LogP contribution < -0.4 is 0 Å². The lowest BCUT2D eigenvalue weighted by Crippen LogP contribution is -2.44. The Morgan fingerprint density at radius 1 is 1.29 bits per heavy atom. The Bertz CT molecular complexity index is 1140. The Balaban J connectivity index is 1.43. The molecular formula is C20H16FN3O3S. The van der Waals surface area contributed by atoms with Gasteiger partial charge < -0.3 is 14.2 Å². The second kappa shape index (κ2) is 6.96. The largest absolute Gasteiger partial charge is 0.377 e. The predicted octanol–water partition coefficient (Wildman–Crippen LogP) is 3.72. The highest BCUT2D eigenvalue weighted by atomic mass is 32.1.